The molecule has 0 aromatic carbocycles. The summed E-state index contributed by atoms with van der Waals surface area (Å²) in [5.74, 6) is 0.807. The number of nitrogens with one attached hydrogen (secondary N) is 3. The van der Waals surface area contributed by atoms with Crippen LogP contribution in [0.5, 0.6) is 0 Å². The van der Waals surface area contributed by atoms with Gasteiger partial charge in [0.2, 0.25) is 0 Å². The lowest BCUT2D eigenvalue weighted by Gasteiger charge is -2.33. The molecule has 1 aliphatic rings. The van der Waals surface area contributed by atoms with Crippen LogP contribution in [0.3, 0.4) is 0 Å². The zero-order chi connectivity index (χ0) is 17.6. The van der Waals surface area contributed by atoms with Gasteiger partial charge in [0.25, 0.3) is 11.5 Å². The number of H-pyrrole nitrogens is 1. The summed E-state index contributed by atoms with van der Waals surface area (Å²) in [5.41, 5.74) is 0.104. The molecule has 3 N–H and O–H groups in total. The summed E-state index contributed by atoms with van der Waals surface area (Å²) in [6, 6.07) is 3.51. The Morgan fingerprint density at radius 1 is 1.40 bits per heavy atom. The first-order valence-corrected chi connectivity index (χ1v) is 8.34. The van der Waals surface area contributed by atoms with Crippen molar-refractivity contribution >= 4 is 17.5 Å². The van der Waals surface area contributed by atoms with Crippen molar-refractivity contribution in [3.05, 3.63) is 40.6 Å². The maximum atomic E-state index is 11.9. The Morgan fingerprint density at radius 2 is 2.28 bits per heavy atom. The Balaban J connectivity index is 1.64. The van der Waals surface area contributed by atoms with Gasteiger partial charge in [0.1, 0.15) is 5.82 Å². The van der Waals surface area contributed by atoms with Crippen molar-refractivity contribution in [1.82, 2.24) is 25.5 Å². The molecule has 0 spiro atoms. The van der Waals surface area contributed by atoms with Crippen LogP contribution in [-0.2, 0) is 0 Å². The Morgan fingerprint density at radius 3 is 3.00 bits per heavy atom. The van der Waals surface area contributed by atoms with Crippen LogP contribution in [0.1, 0.15) is 30.3 Å². The summed E-state index contributed by atoms with van der Waals surface area (Å²) in [6.07, 6.45) is 5.01. The van der Waals surface area contributed by atoms with E-state index in [9.17, 15) is 9.59 Å². The Kier molecular flexibility index (Phi) is 5.22. The summed E-state index contributed by atoms with van der Waals surface area (Å²) in [7, 11) is 0. The van der Waals surface area contributed by atoms with Gasteiger partial charge in [-0.25, -0.2) is 4.98 Å². The fraction of sp³-hybridized carbons (Fsp3) is 0.438. The predicted octanol–water partition coefficient (Wildman–Crippen LogP) is 0.391. The van der Waals surface area contributed by atoms with Crippen LogP contribution in [0, 0.1) is 0 Å². The molecule has 3 heterocycles. The van der Waals surface area contributed by atoms with Gasteiger partial charge < -0.3 is 20.5 Å². The van der Waals surface area contributed by atoms with Crippen molar-refractivity contribution in [3.63, 3.8) is 0 Å². The number of hydrogen-bond acceptors (Lipinski definition) is 7. The molecule has 1 fully saturated rings. The smallest absolute Gasteiger partial charge is 0.290 e. The second kappa shape index (κ2) is 7.73. The van der Waals surface area contributed by atoms with Gasteiger partial charge in [-0.2, -0.15) is 0 Å². The van der Waals surface area contributed by atoms with Crippen LogP contribution in [0.2, 0.25) is 0 Å². The van der Waals surface area contributed by atoms with Crippen LogP contribution in [-0.4, -0.2) is 51.7 Å². The molecule has 9 nitrogen and oxygen atoms in total. The molecule has 132 valence electrons. The van der Waals surface area contributed by atoms with E-state index in [4.69, 9.17) is 0 Å². The molecular formula is C16H21N7O2. The van der Waals surface area contributed by atoms with Gasteiger partial charge in [0.15, 0.2) is 11.5 Å². The second-order valence-electron chi connectivity index (χ2n) is 5.83. The normalized spacial score (nSPS) is 17.2. The molecule has 1 saturated heterocycles. The van der Waals surface area contributed by atoms with Crippen LogP contribution >= 0.6 is 0 Å². The number of aromatic nitrogens is 4. The number of amides is 1. The second-order valence-corrected chi connectivity index (χ2v) is 5.83. The molecule has 0 radical (unpaired) electrons. The van der Waals surface area contributed by atoms with Crippen LogP contribution in [0.15, 0.2) is 29.3 Å². The van der Waals surface area contributed by atoms with E-state index in [1.165, 1.54) is 6.20 Å². The number of aromatic amines is 1. The number of rotatable bonds is 5. The largest absolute Gasteiger partial charge is 0.364 e. The predicted molar refractivity (Wildman–Crippen MR) is 93.8 cm³/mol. The highest BCUT2D eigenvalue weighted by Gasteiger charge is 2.23. The first-order chi connectivity index (χ1) is 12.2. The maximum Gasteiger partial charge on any atom is 0.290 e. The number of piperidine rings is 1. The molecule has 1 amide bonds. The van der Waals surface area contributed by atoms with E-state index in [1.807, 2.05) is 11.8 Å². The number of nitrogens with zero attached hydrogens (tertiary/aromatic N) is 4. The average Bonchev–Trinajstić information content (AvgIpc) is 2.63. The monoisotopic (exact) mass is 343 g/mol. The summed E-state index contributed by atoms with van der Waals surface area (Å²) in [5, 5.41) is 14.0. The molecular weight excluding hydrogens is 322 g/mol. The van der Waals surface area contributed by atoms with E-state index in [0.29, 0.717) is 24.7 Å². The van der Waals surface area contributed by atoms with Crippen LogP contribution in [0.4, 0.5) is 11.6 Å². The topological polar surface area (TPSA) is 116 Å². The first-order valence-electron chi connectivity index (χ1n) is 8.34. The van der Waals surface area contributed by atoms with Gasteiger partial charge in [-0.3, -0.25) is 9.59 Å². The average molecular weight is 343 g/mol. The first kappa shape index (κ1) is 16.9. The highest BCUT2D eigenvalue weighted by atomic mass is 16.2. The number of hydrogen-bond donors (Lipinski definition) is 3. The van der Waals surface area contributed by atoms with Gasteiger partial charge in [0.05, 0.1) is 0 Å². The molecule has 0 unspecified atom stereocenters. The molecule has 0 saturated carbocycles. The minimum atomic E-state index is -0.236. The third-order valence-corrected chi connectivity index (χ3v) is 4.00. The van der Waals surface area contributed by atoms with Crippen molar-refractivity contribution in [2.45, 2.75) is 25.8 Å². The van der Waals surface area contributed by atoms with Gasteiger partial charge in [-0.05, 0) is 31.9 Å². The standard InChI is InChI=1S/C16H21N7O2/c1-2-17-15(24)12-5-6-13(22-21-12)20-11-4-3-9-23(10-11)14-16(25)19-8-7-18-14/h5-8,11H,2-4,9-10H2,1H3,(H,17,24)(H,19,25)(H,20,22)/t11-/m1/s1. The third-order valence-electron chi connectivity index (χ3n) is 4.00. The maximum absolute atomic E-state index is 11.9. The summed E-state index contributed by atoms with van der Waals surface area (Å²) in [4.78, 5) is 32.4. The van der Waals surface area contributed by atoms with Gasteiger partial charge in [-0.15, -0.1) is 10.2 Å². The highest BCUT2D eigenvalue weighted by Crippen LogP contribution is 2.17. The summed E-state index contributed by atoms with van der Waals surface area (Å²) in [6.45, 7) is 3.84. The molecule has 2 aromatic rings. The van der Waals surface area contributed by atoms with Crippen molar-refractivity contribution in [2.75, 3.05) is 29.9 Å². The number of anilines is 2. The van der Waals surface area contributed by atoms with Gasteiger partial charge in [-0.1, -0.05) is 0 Å². The minimum absolute atomic E-state index is 0.125. The van der Waals surface area contributed by atoms with Crippen molar-refractivity contribution in [2.24, 2.45) is 0 Å². The van der Waals surface area contributed by atoms with Crippen LogP contribution in [0.25, 0.3) is 0 Å². The number of carbonyl (C=O) groups is 1. The van der Waals surface area contributed by atoms with E-state index in [2.05, 4.69) is 30.8 Å². The molecule has 0 bridgehead atoms. The Hall–Kier alpha value is -2.97. The van der Waals surface area contributed by atoms with E-state index < -0.39 is 0 Å². The lowest BCUT2D eigenvalue weighted by Crippen LogP contribution is -2.44. The fourth-order valence-corrected chi connectivity index (χ4v) is 2.85. The lowest BCUT2D eigenvalue weighted by atomic mass is 10.1. The molecule has 0 aliphatic carbocycles. The summed E-state index contributed by atoms with van der Waals surface area (Å²) < 4.78 is 0. The molecule has 1 aliphatic heterocycles. The Labute approximate surface area is 144 Å². The van der Waals surface area contributed by atoms with E-state index in [-0.39, 0.29) is 23.2 Å². The van der Waals surface area contributed by atoms with Crippen molar-refractivity contribution in [3.8, 4) is 0 Å². The van der Waals surface area contributed by atoms with Gasteiger partial charge >= 0.3 is 0 Å². The Bertz CT molecular complexity index is 775. The third kappa shape index (κ3) is 4.11. The van der Waals surface area contributed by atoms with E-state index in [1.54, 1.807) is 18.3 Å². The summed E-state index contributed by atoms with van der Waals surface area (Å²) >= 11 is 0. The molecule has 3 rings (SSSR count). The highest BCUT2D eigenvalue weighted by molar-refractivity contribution is 5.92. The van der Waals surface area contributed by atoms with E-state index >= 15 is 0 Å². The van der Waals surface area contributed by atoms with Crippen molar-refractivity contribution in [1.29, 1.82) is 0 Å². The zero-order valence-corrected chi connectivity index (χ0v) is 14.0. The molecule has 2 aromatic heterocycles. The van der Waals surface area contributed by atoms with E-state index in [0.717, 1.165) is 19.4 Å². The van der Waals surface area contributed by atoms with Crippen LogP contribution < -0.4 is 21.1 Å². The lowest BCUT2D eigenvalue weighted by molar-refractivity contribution is 0.0950. The fourth-order valence-electron chi connectivity index (χ4n) is 2.85. The number of carbonyl (C=O) groups excluding carboxylic acids is 1. The quantitative estimate of drug-likeness (QED) is 0.719. The SMILES string of the molecule is CCNC(=O)c1ccc(N[C@@H]2CCCN(c3ncc[nH]c3=O)C2)nn1. The zero-order valence-electron chi connectivity index (χ0n) is 14.0. The molecule has 1 atom stereocenters. The van der Waals surface area contributed by atoms with Gasteiger partial charge in [0, 0.05) is 38.1 Å². The molecule has 9 heteroatoms. The molecule has 25 heavy (non-hydrogen) atoms. The minimum Gasteiger partial charge on any atom is -0.364 e. The van der Waals surface area contributed by atoms with Crippen molar-refractivity contribution < 1.29 is 4.79 Å².